The predicted octanol–water partition coefficient (Wildman–Crippen LogP) is 4.68. The van der Waals surface area contributed by atoms with E-state index in [2.05, 4.69) is 12.2 Å². The minimum Gasteiger partial charge on any atom is -0.335 e. The average molecular weight is 401 g/mol. The Morgan fingerprint density at radius 1 is 1.19 bits per heavy atom. The largest absolute Gasteiger partial charge is 0.335 e. The molecule has 3 rings (SSSR count). The van der Waals surface area contributed by atoms with Crippen LogP contribution in [0.5, 0.6) is 0 Å². The molecule has 1 aromatic rings. The third-order valence-electron chi connectivity index (χ3n) is 6.11. The number of nitrogens with one attached hydrogen (secondary N) is 1. The Labute approximate surface area is 167 Å². The summed E-state index contributed by atoms with van der Waals surface area (Å²) < 4.78 is 28.3. The van der Waals surface area contributed by atoms with E-state index in [9.17, 15) is 13.6 Å². The molecule has 3 nitrogen and oxygen atoms in total. The van der Waals surface area contributed by atoms with Crippen LogP contribution in [0.1, 0.15) is 57.4 Å². The number of halogens is 3. The molecule has 1 amide bonds. The minimum absolute atomic E-state index is 0. The van der Waals surface area contributed by atoms with E-state index in [1.165, 1.54) is 18.2 Å². The number of nitrogens with zero attached hydrogens (tertiary/aromatic N) is 1. The smallest absolute Gasteiger partial charge is 0.223 e. The third-order valence-corrected chi connectivity index (χ3v) is 6.11. The van der Waals surface area contributed by atoms with Gasteiger partial charge in [-0.05, 0) is 62.7 Å². The van der Waals surface area contributed by atoms with Crippen molar-refractivity contribution in [1.29, 1.82) is 0 Å². The molecule has 1 heterocycles. The molecule has 27 heavy (non-hydrogen) atoms. The molecule has 2 unspecified atom stereocenters. The molecule has 1 aliphatic carbocycles. The molecule has 1 saturated heterocycles. The van der Waals surface area contributed by atoms with Crippen molar-refractivity contribution in [3.05, 3.63) is 35.4 Å². The summed E-state index contributed by atoms with van der Waals surface area (Å²) in [6.45, 7) is 4.18. The van der Waals surface area contributed by atoms with E-state index >= 15 is 0 Å². The molecule has 1 aromatic carbocycles. The van der Waals surface area contributed by atoms with E-state index in [-0.39, 0.29) is 42.4 Å². The topological polar surface area (TPSA) is 32.3 Å². The van der Waals surface area contributed by atoms with Gasteiger partial charge in [0.25, 0.3) is 0 Å². The van der Waals surface area contributed by atoms with E-state index in [1.54, 1.807) is 4.90 Å². The summed E-state index contributed by atoms with van der Waals surface area (Å²) in [6, 6.07) is 4.02. The predicted molar refractivity (Wildman–Crippen MR) is 106 cm³/mol. The van der Waals surface area contributed by atoms with Gasteiger partial charge in [0.05, 0.1) is 6.54 Å². The van der Waals surface area contributed by atoms with Gasteiger partial charge in [0.2, 0.25) is 5.91 Å². The maximum absolute atomic E-state index is 14.1. The van der Waals surface area contributed by atoms with Crippen LogP contribution in [0, 0.1) is 23.5 Å². The average Bonchev–Trinajstić information content (AvgIpc) is 3.16. The quantitative estimate of drug-likeness (QED) is 0.751. The van der Waals surface area contributed by atoms with Crippen molar-refractivity contribution in [1.82, 2.24) is 10.2 Å². The Morgan fingerprint density at radius 2 is 1.85 bits per heavy atom. The summed E-state index contributed by atoms with van der Waals surface area (Å²) in [5.41, 5.74) is 0.0136. The molecule has 1 N–H and O–H groups in total. The zero-order chi connectivity index (χ0) is 18.5. The van der Waals surface area contributed by atoms with Crippen molar-refractivity contribution in [2.24, 2.45) is 11.8 Å². The summed E-state index contributed by atoms with van der Waals surface area (Å²) in [7, 11) is 0. The molecule has 2 atom stereocenters. The van der Waals surface area contributed by atoms with E-state index in [1.807, 2.05) is 0 Å². The van der Waals surface area contributed by atoms with Gasteiger partial charge in [0.15, 0.2) is 0 Å². The molecular formula is C21H31ClF2N2O. The summed E-state index contributed by atoms with van der Waals surface area (Å²) in [5.74, 6) is -0.304. The molecule has 0 radical (unpaired) electrons. The molecule has 1 aliphatic heterocycles. The lowest BCUT2D eigenvalue weighted by atomic mass is 9.85. The lowest BCUT2D eigenvalue weighted by Crippen LogP contribution is -2.41. The second kappa shape index (κ2) is 10.4. The first kappa shape index (κ1) is 22.1. The van der Waals surface area contributed by atoms with E-state index in [4.69, 9.17) is 0 Å². The van der Waals surface area contributed by atoms with Gasteiger partial charge in [-0.15, -0.1) is 12.4 Å². The van der Waals surface area contributed by atoms with Crippen molar-refractivity contribution >= 4 is 18.3 Å². The minimum atomic E-state index is -0.565. The van der Waals surface area contributed by atoms with Crippen LogP contribution < -0.4 is 5.32 Å². The number of piperidine rings is 1. The SMILES string of the molecule is CC(CC(=O)N(Cc1c(F)cccc1F)C1CCCC1)C1CCCNC1.Cl. The lowest BCUT2D eigenvalue weighted by Gasteiger charge is -2.33. The van der Waals surface area contributed by atoms with Crippen molar-refractivity contribution in [3.63, 3.8) is 0 Å². The van der Waals surface area contributed by atoms with E-state index in [0.717, 1.165) is 51.6 Å². The number of carbonyl (C=O) groups is 1. The van der Waals surface area contributed by atoms with Crippen LogP contribution in [0.25, 0.3) is 0 Å². The first-order valence-corrected chi connectivity index (χ1v) is 9.99. The van der Waals surface area contributed by atoms with E-state index < -0.39 is 11.6 Å². The van der Waals surface area contributed by atoms with Gasteiger partial charge in [0.1, 0.15) is 11.6 Å². The fourth-order valence-electron chi connectivity index (χ4n) is 4.41. The van der Waals surface area contributed by atoms with Crippen molar-refractivity contribution in [2.45, 2.75) is 64.5 Å². The molecule has 0 aromatic heterocycles. The Balaban J connectivity index is 0.00000261. The molecular weight excluding hydrogens is 370 g/mol. The number of benzene rings is 1. The zero-order valence-electron chi connectivity index (χ0n) is 16.1. The second-order valence-electron chi connectivity index (χ2n) is 7.95. The lowest BCUT2D eigenvalue weighted by molar-refractivity contribution is -0.135. The molecule has 152 valence electrons. The van der Waals surface area contributed by atoms with Gasteiger partial charge >= 0.3 is 0 Å². The summed E-state index contributed by atoms with van der Waals surface area (Å²) in [6.07, 6.45) is 6.77. The highest BCUT2D eigenvalue weighted by atomic mass is 35.5. The van der Waals surface area contributed by atoms with Gasteiger partial charge < -0.3 is 10.2 Å². The highest BCUT2D eigenvalue weighted by molar-refractivity contribution is 5.85. The second-order valence-corrected chi connectivity index (χ2v) is 7.95. The number of hydrogen-bond donors (Lipinski definition) is 1. The number of hydrogen-bond acceptors (Lipinski definition) is 2. The van der Waals surface area contributed by atoms with Crippen LogP contribution in [0.2, 0.25) is 0 Å². The first-order valence-electron chi connectivity index (χ1n) is 9.99. The van der Waals surface area contributed by atoms with Crippen molar-refractivity contribution < 1.29 is 13.6 Å². The summed E-state index contributed by atoms with van der Waals surface area (Å²) in [4.78, 5) is 14.8. The van der Waals surface area contributed by atoms with Crippen LogP contribution >= 0.6 is 12.4 Å². The molecule has 6 heteroatoms. The van der Waals surface area contributed by atoms with Crippen LogP contribution in [-0.4, -0.2) is 29.9 Å². The highest BCUT2D eigenvalue weighted by Gasteiger charge is 2.31. The van der Waals surface area contributed by atoms with Crippen LogP contribution in [0.4, 0.5) is 8.78 Å². The van der Waals surface area contributed by atoms with Crippen molar-refractivity contribution in [2.75, 3.05) is 13.1 Å². The Kier molecular flexibility index (Phi) is 8.49. The Morgan fingerprint density at radius 3 is 2.44 bits per heavy atom. The number of rotatable bonds is 6. The fraction of sp³-hybridized carbons (Fsp3) is 0.667. The van der Waals surface area contributed by atoms with Gasteiger partial charge in [-0.3, -0.25) is 4.79 Å². The van der Waals surface area contributed by atoms with Crippen LogP contribution in [0.15, 0.2) is 18.2 Å². The van der Waals surface area contributed by atoms with Gasteiger partial charge in [-0.25, -0.2) is 8.78 Å². The van der Waals surface area contributed by atoms with E-state index in [0.29, 0.717) is 12.3 Å². The zero-order valence-corrected chi connectivity index (χ0v) is 16.9. The normalized spacial score (nSPS) is 21.5. The van der Waals surface area contributed by atoms with Crippen LogP contribution in [0.3, 0.4) is 0 Å². The molecule has 2 aliphatic rings. The molecule has 0 spiro atoms. The standard InChI is InChI=1S/C21H30F2N2O.ClH/c1-15(16-6-5-11-24-13-16)12-21(26)25(17-7-2-3-8-17)14-18-19(22)9-4-10-20(18)23;/h4,9-10,15-17,24H,2-3,5-8,11-14H2,1H3;1H. The number of amides is 1. The van der Waals surface area contributed by atoms with Gasteiger partial charge in [0, 0.05) is 18.0 Å². The summed E-state index contributed by atoms with van der Waals surface area (Å²) in [5, 5.41) is 3.40. The highest BCUT2D eigenvalue weighted by Crippen LogP contribution is 2.29. The molecule has 2 fully saturated rings. The summed E-state index contributed by atoms with van der Waals surface area (Å²) >= 11 is 0. The van der Waals surface area contributed by atoms with Crippen LogP contribution in [-0.2, 0) is 11.3 Å². The maximum Gasteiger partial charge on any atom is 0.223 e. The van der Waals surface area contributed by atoms with Gasteiger partial charge in [-0.1, -0.05) is 25.8 Å². The van der Waals surface area contributed by atoms with Gasteiger partial charge in [-0.2, -0.15) is 0 Å². The number of carbonyl (C=O) groups excluding carboxylic acids is 1. The Hall–Kier alpha value is -1.20. The maximum atomic E-state index is 14.1. The fourth-order valence-corrected chi connectivity index (χ4v) is 4.41. The molecule has 0 bridgehead atoms. The Bertz CT molecular complexity index is 596. The molecule has 1 saturated carbocycles. The monoisotopic (exact) mass is 400 g/mol. The first-order chi connectivity index (χ1) is 12.6. The van der Waals surface area contributed by atoms with Crippen molar-refractivity contribution in [3.8, 4) is 0 Å². The third kappa shape index (κ3) is 5.64.